The zero-order valence-corrected chi connectivity index (χ0v) is 8.78. The van der Waals surface area contributed by atoms with Gasteiger partial charge in [-0.05, 0) is 0 Å². The van der Waals surface area contributed by atoms with E-state index in [2.05, 4.69) is 15.9 Å². The predicted molar refractivity (Wildman–Crippen MR) is 50.1 cm³/mol. The summed E-state index contributed by atoms with van der Waals surface area (Å²) in [6.45, 7) is -0.698. The number of nitrogens with two attached hydrogens (primary N) is 1. The molecule has 4 N–H and O–H groups in total. The van der Waals surface area contributed by atoms with Crippen LogP contribution in [-0.4, -0.2) is 45.2 Å². The van der Waals surface area contributed by atoms with Crippen LogP contribution in [0, 0.1) is 0 Å². The topological polar surface area (TPSA) is 118 Å². The molecule has 0 aliphatic heterocycles. The molecule has 0 aliphatic rings. The molecule has 0 aromatic carbocycles. The molecule has 0 aliphatic carbocycles. The summed E-state index contributed by atoms with van der Waals surface area (Å²) in [5, 5.41) is 18.1. The van der Waals surface area contributed by atoms with Crippen LogP contribution in [0.4, 0.5) is 0 Å². The second kappa shape index (κ2) is 5.18. The minimum Gasteiger partial charge on any atom is -0.478 e. The monoisotopic (exact) mass is 267 g/mol. The number of carbonyl (C=O) groups excluding carboxylic acids is 2. The summed E-state index contributed by atoms with van der Waals surface area (Å²) in [4.78, 5) is 32.7. The van der Waals surface area contributed by atoms with Crippen LogP contribution in [0.1, 0.15) is 6.42 Å². The second-order valence-electron chi connectivity index (χ2n) is 2.51. The molecule has 0 bridgehead atoms. The third-order valence-electron chi connectivity index (χ3n) is 1.62. The highest BCUT2D eigenvalue weighted by Gasteiger charge is 2.49. The average Bonchev–Trinajstić information content (AvgIpc) is 2.15. The van der Waals surface area contributed by atoms with E-state index < -0.39 is 29.7 Å². The number of hydrogen-bond donors (Lipinski definition) is 3. The largest absolute Gasteiger partial charge is 0.478 e. The minimum atomic E-state index is -3.00. The molecule has 0 rings (SSSR count). The Balaban J connectivity index is 5.00. The Hall–Kier alpha value is -0.790. The standard InChI is InChI=1S/C7H10BrNO5/c8-2-1-4(10)7(14,6(12)13)5(11)3-9/h14H,1-3,9H2,(H,12,13). The van der Waals surface area contributed by atoms with Crippen molar-refractivity contribution < 1.29 is 24.6 Å². The molecule has 0 aromatic rings. The Morgan fingerprint density at radius 2 is 1.79 bits per heavy atom. The van der Waals surface area contributed by atoms with E-state index in [9.17, 15) is 19.5 Å². The van der Waals surface area contributed by atoms with Crippen LogP contribution in [0.15, 0.2) is 0 Å². The van der Waals surface area contributed by atoms with Crippen LogP contribution < -0.4 is 5.73 Å². The number of hydrogen-bond acceptors (Lipinski definition) is 5. The van der Waals surface area contributed by atoms with Gasteiger partial charge in [0.15, 0.2) is 11.6 Å². The van der Waals surface area contributed by atoms with Gasteiger partial charge in [0, 0.05) is 11.8 Å². The van der Waals surface area contributed by atoms with E-state index in [1.165, 1.54) is 0 Å². The Morgan fingerprint density at radius 1 is 1.29 bits per heavy atom. The average molecular weight is 268 g/mol. The number of carbonyl (C=O) groups is 3. The summed E-state index contributed by atoms with van der Waals surface area (Å²) >= 11 is 2.90. The van der Waals surface area contributed by atoms with Crippen molar-refractivity contribution in [2.45, 2.75) is 12.0 Å². The summed E-state index contributed by atoms with van der Waals surface area (Å²) in [6, 6.07) is 0. The zero-order chi connectivity index (χ0) is 11.4. The molecule has 1 atom stereocenters. The van der Waals surface area contributed by atoms with E-state index >= 15 is 0 Å². The van der Waals surface area contributed by atoms with Crippen LogP contribution >= 0.6 is 15.9 Å². The van der Waals surface area contributed by atoms with E-state index in [1.807, 2.05) is 0 Å². The lowest BCUT2D eigenvalue weighted by atomic mass is 9.91. The van der Waals surface area contributed by atoms with Crippen molar-refractivity contribution >= 4 is 33.5 Å². The fourth-order valence-corrected chi connectivity index (χ4v) is 1.17. The number of Topliss-reactive ketones (excluding diaryl/α,β-unsaturated/α-hetero) is 2. The third-order valence-corrected chi connectivity index (χ3v) is 2.02. The quantitative estimate of drug-likeness (QED) is 0.406. The Morgan fingerprint density at radius 3 is 2.07 bits per heavy atom. The maximum absolute atomic E-state index is 11.2. The second-order valence-corrected chi connectivity index (χ2v) is 3.30. The van der Waals surface area contributed by atoms with E-state index in [1.54, 1.807) is 0 Å². The number of carboxylic acids is 1. The van der Waals surface area contributed by atoms with Crippen molar-refractivity contribution in [1.82, 2.24) is 0 Å². The summed E-state index contributed by atoms with van der Waals surface area (Å²) in [5.74, 6) is -4.17. The summed E-state index contributed by atoms with van der Waals surface area (Å²) in [7, 11) is 0. The fraction of sp³-hybridized carbons (Fsp3) is 0.571. The molecule has 80 valence electrons. The van der Waals surface area contributed by atoms with E-state index in [0.29, 0.717) is 0 Å². The summed E-state index contributed by atoms with van der Waals surface area (Å²) in [5.41, 5.74) is 1.90. The molecule has 6 nitrogen and oxygen atoms in total. The molecule has 0 spiro atoms. The van der Waals surface area contributed by atoms with Crippen LogP contribution in [0.2, 0.25) is 0 Å². The molecular weight excluding hydrogens is 258 g/mol. The van der Waals surface area contributed by atoms with Gasteiger partial charge in [-0.2, -0.15) is 0 Å². The SMILES string of the molecule is NCC(=O)C(O)(C(=O)O)C(=O)CCBr. The summed E-state index contributed by atoms with van der Waals surface area (Å²) in [6.07, 6.45) is -0.255. The van der Waals surface area contributed by atoms with Gasteiger partial charge >= 0.3 is 5.97 Å². The number of halogens is 1. The highest BCUT2D eigenvalue weighted by atomic mass is 79.9. The minimum absolute atomic E-state index is 0.166. The van der Waals surface area contributed by atoms with E-state index in [4.69, 9.17) is 10.8 Å². The van der Waals surface area contributed by atoms with Crippen LogP contribution in [0.25, 0.3) is 0 Å². The van der Waals surface area contributed by atoms with Crippen molar-refractivity contribution in [2.75, 3.05) is 11.9 Å². The van der Waals surface area contributed by atoms with E-state index in [-0.39, 0.29) is 11.8 Å². The number of alkyl halides is 1. The first-order valence-electron chi connectivity index (χ1n) is 3.69. The van der Waals surface area contributed by atoms with Gasteiger partial charge in [-0.3, -0.25) is 9.59 Å². The normalized spacial score (nSPS) is 14.5. The van der Waals surface area contributed by atoms with Gasteiger partial charge in [0.25, 0.3) is 5.60 Å². The molecule has 14 heavy (non-hydrogen) atoms. The van der Waals surface area contributed by atoms with E-state index in [0.717, 1.165) is 0 Å². The lowest BCUT2D eigenvalue weighted by Gasteiger charge is -2.18. The maximum atomic E-state index is 11.2. The molecule has 0 aromatic heterocycles. The van der Waals surface area contributed by atoms with Gasteiger partial charge in [-0.25, -0.2) is 4.79 Å². The lowest BCUT2D eigenvalue weighted by molar-refractivity contribution is -0.169. The van der Waals surface area contributed by atoms with Crippen LogP contribution in [0.3, 0.4) is 0 Å². The molecule has 1 unspecified atom stereocenters. The molecule has 0 radical (unpaired) electrons. The van der Waals surface area contributed by atoms with Crippen LogP contribution in [0.5, 0.6) is 0 Å². The molecular formula is C7H10BrNO5. The number of ketones is 2. The molecule has 0 heterocycles. The number of aliphatic carboxylic acids is 1. The smallest absolute Gasteiger partial charge is 0.351 e. The van der Waals surface area contributed by atoms with Gasteiger partial charge in [0.2, 0.25) is 0 Å². The number of aliphatic hydroxyl groups is 1. The first kappa shape index (κ1) is 13.2. The van der Waals surface area contributed by atoms with Gasteiger partial charge in [-0.15, -0.1) is 0 Å². The predicted octanol–water partition coefficient (Wildman–Crippen LogP) is -1.32. The fourth-order valence-electron chi connectivity index (χ4n) is 0.808. The Bertz CT molecular complexity index is 267. The highest BCUT2D eigenvalue weighted by molar-refractivity contribution is 9.09. The lowest BCUT2D eigenvalue weighted by Crippen LogP contribution is -2.55. The maximum Gasteiger partial charge on any atom is 0.351 e. The van der Waals surface area contributed by atoms with Gasteiger partial charge < -0.3 is 15.9 Å². The summed E-state index contributed by atoms with van der Waals surface area (Å²) < 4.78 is 0. The highest BCUT2D eigenvalue weighted by Crippen LogP contribution is 2.11. The first-order valence-corrected chi connectivity index (χ1v) is 4.81. The Labute approximate surface area is 88.2 Å². The molecule has 0 saturated heterocycles. The van der Waals surface area contributed by atoms with Crippen molar-refractivity contribution in [3.05, 3.63) is 0 Å². The van der Waals surface area contributed by atoms with Crippen molar-refractivity contribution in [2.24, 2.45) is 5.73 Å². The zero-order valence-electron chi connectivity index (χ0n) is 7.20. The molecule has 0 saturated carbocycles. The third kappa shape index (κ3) is 2.37. The molecule has 7 heteroatoms. The van der Waals surface area contributed by atoms with Crippen molar-refractivity contribution in [3.63, 3.8) is 0 Å². The van der Waals surface area contributed by atoms with Crippen molar-refractivity contribution in [3.8, 4) is 0 Å². The number of rotatable bonds is 6. The molecule has 0 amide bonds. The van der Waals surface area contributed by atoms with Gasteiger partial charge in [-0.1, -0.05) is 15.9 Å². The first-order chi connectivity index (χ1) is 6.41. The van der Waals surface area contributed by atoms with Crippen molar-refractivity contribution in [1.29, 1.82) is 0 Å². The number of carboxylic acid groups (broad SMARTS) is 1. The molecule has 0 fully saturated rings. The van der Waals surface area contributed by atoms with Crippen LogP contribution in [-0.2, 0) is 14.4 Å². The van der Waals surface area contributed by atoms with Gasteiger partial charge in [0.05, 0.1) is 6.54 Å². The van der Waals surface area contributed by atoms with Gasteiger partial charge in [0.1, 0.15) is 0 Å². The Kier molecular flexibility index (Phi) is 4.89.